The van der Waals surface area contributed by atoms with E-state index < -0.39 is 11.4 Å². The highest BCUT2D eigenvalue weighted by Crippen LogP contribution is 2.21. The topological polar surface area (TPSA) is 87.6 Å². The molecule has 1 amide bonds. The van der Waals surface area contributed by atoms with Crippen LogP contribution in [0.15, 0.2) is 30.3 Å². The largest absolute Gasteiger partial charge is 0.379 e. The summed E-state index contributed by atoms with van der Waals surface area (Å²) in [4.78, 5) is 11.6. The fraction of sp³-hybridized carbons (Fsp3) is 0.500. The van der Waals surface area contributed by atoms with Gasteiger partial charge in [-0.15, -0.1) is 0 Å². The van der Waals surface area contributed by atoms with E-state index in [4.69, 9.17) is 20.9 Å². The molecule has 0 aromatic heterocycles. The second-order valence-electron chi connectivity index (χ2n) is 4.26. The molecule has 1 aromatic carbocycles. The predicted molar refractivity (Wildman–Crippen MR) is 73.4 cm³/mol. The fourth-order valence-electron chi connectivity index (χ4n) is 1.74. The molecule has 1 rings (SSSR count). The number of amides is 1. The summed E-state index contributed by atoms with van der Waals surface area (Å²) in [5.41, 5.74) is 11.1. The van der Waals surface area contributed by atoms with Crippen LogP contribution in [0.25, 0.3) is 0 Å². The number of carbonyl (C=O) groups excluding carboxylic acids is 1. The molecule has 0 heterocycles. The molecular weight excluding hydrogens is 244 g/mol. The summed E-state index contributed by atoms with van der Waals surface area (Å²) in [6.45, 7) is 3.97. The van der Waals surface area contributed by atoms with Crippen LogP contribution in [0.1, 0.15) is 18.9 Å². The Labute approximate surface area is 113 Å². The first kappa shape index (κ1) is 15.6. The molecule has 5 heteroatoms. The lowest BCUT2D eigenvalue weighted by molar-refractivity contribution is -0.124. The Bertz CT molecular complexity index is 384. The van der Waals surface area contributed by atoms with Gasteiger partial charge in [-0.1, -0.05) is 30.3 Å². The first-order valence-corrected chi connectivity index (χ1v) is 6.41. The highest BCUT2D eigenvalue weighted by Gasteiger charge is 2.33. The second-order valence-corrected chi connectivity index (χ2v) is 4.26. The van der Waals surface area contributed by atoms with Crippen molar-refractivity contribution < 1.29 is 14.3 Å². The van der Waals surface area contributed by atoms with Crippen molar-refractivity contribution >= 4 is 5.91 Å². The molecule has 0 bridgehead atoms. The lowest BCUT2D eigenvalue weighted by Crippen LogP contribution is -2.49. The zero-order chi connectivity index (χ0) is 14.1. The van der Waals surface area contributed by atoms with E-state index in [1.165, 1.54) is 0 Å². The van der Waals surface area contributed by atoms with E-state index in [1.54, 1.807) is 12.1 Å². The minimum atomic E-state index is -1.19. The van der Waals surface area contributed by atoms with Crippen molar-refractivity contribution in [2.45, 2.75) is 18.9 Å². The number of benzene rings is 1. The molecule has 0 saturated heterocycles. The number of ether oxygens (including phenoxy) is 2. The molecule has 1 aromatic rings. The van der Waals surface area contributed by atoms with E-state index in [0.29, 0.717) is 38.4 Å². The molecular formula is C14H22N2O3. The van der Waals surface area contributed by atoms with Gasteiger partial charge in [0.15, 0.2) is 0 Å². The van der Waals surface area contributed by atoms with Crippen molar-refractivity contribution in [3.8, 4) is 0 Å². The Morgan fingerprint density at radius 1 is 1.16 bits per heavy atom. The maximum Gasteiger partial charge on any atom is 0.242 e. The van der Waals surface area contributed by atoms with E-state index in [-0.39, 0.29) is 0 Å². The molecule has 0 aliphatic rings. The van der Waals surface area contributed by atoms with Crippen LogP contribution in [0.3, 0.4) is 0 Å². The van der Waals surface area contributed by atoms with Crippen molar-refractivity contribution in [3.05, 3.63) is 35.9 Å². The molecule has 1 unspecified atom stereocenters. The molecule has 0 fully saturated rings. The molecule has 0 saturated carbocycles. The summed E-state index contributed by atoms with van der Waals surface area (Å²) in [6, 6.07) is 9.12. The van der Waals surface area contributed by atoms with Gasteiger partial charge in [-0.25, -0.2) is 0 Å². The van der Waals surface area contributed by atoms with Crippen molar-refractivity contribution in [1.29, 1.82) is 0 Å². The fourth-order valence-corrected chi connectivity index (χ4v) is 1.74. The smallest absolute Gasteiger partial charge is 0.242 e. The summed E-state index contributed by atoms with van der Waals surface area (Å²) in [5, 5.41) is 0. The minimum Gasteiger partial charge on any atom is -0.379 e. The van der Waals surface area contributed by atoms with E-state index in [1.807, 2.05) is 25.1 Å². The third kappa shape index (κ3) is 4.63. The van der Waals surface area contributed by atoms with Crippen LogP contribution in [-0.2, 0) is 19.8 Å². The van der Waals surface area contributed by atoms with Crippen LogP contribution in [-0.4, -0.2) is 32.3 Å². The van der Waals surface area contributed by atoms with Crippen LogP contribution >= 0.6 is 0 Å². The van der Waals surface area contributed by atoms with Crippen molar-refractivity contribution in [3.63, 3.8) is 0 Å². The SMILES string of the molecule is CCOCCOCCC(N)(C(N)=O)c1ccccc1. The van der Waals surface area contributed by atoms with Gasteiger partial charge in [-0.05, 0) is 12.5 Å². The zero-order valence-corrected chi connectivity index (χ0v) is 11.3. The Morgan fingerprint density at radius 2 is 1.79 bits per heavy atom. The van der Waals surface area contributed by atoms with E-state index >= 15 is 0 Å². The minimum absolute atomic E-state index is 0.346. The molecule has 0 radical (unpaired) electrons. The highest BCUT2D eigenvalue weighted by molar-refractivity contribution is 5.85. The first-order chi connectivity index (χ1) is 9.11. The van der Waals surface area contributed by atoms with Crippen LogP contribution in [0.2, 0.25) is 0 Å². The number of rotatable bonds is 9. The number of primary amides is 1. The summed E-state index contributed by atoms with van der Waals surface area (Å²) >= 11 is 0. The molecule has 0 aliphatic carbocycles. The third-order valence-corrected chi connectivity index (χ3v) is 2.95. The molecule has 1 atom stereocenters. The average Bonchev–Trinajstić information content (AvgIpc) is 2.43. The molecule has 19 heavy (non-hydrogen) atoms. The highest BCUT2D eigenvalue weighted by atomic mass is 16.5. The molecule has 106 valence electrons. The molecule has 5 nitrogen and oxygen atoms in total. The maximum atomic E-state index is 11.6. The van der Waals surface area contributed by atoms with Gasteiger partial charge in [-0.2, -0.15) is 0 Å². The Kier molecular flexibility index (Phi) is 6.49. The van der Waals surface area contributed by atoms with Gasteiger partial charge in [0, 0.05) is 19.6 Å². The predicted octanol–water partition coefficient (Wildman–Crippen LogP) is 0.769. The van der Waals surface area contributed by atoms with Crippen LogP contribution < -0.4 is 11.5 Å². The number of hydrogen-bond acceptors (Lipinski definition) is 4. The van der Waals surface area contributed by atoms with Gasteiger partial charge in [-0.3, -0.25) is 4.79 Å². The summed E-state index contributed by atoms with van der Waals surface area (Å²) < 4.78 is 10.5. The summed E-state index contributed by atoms with van der Waals surface area (Å²) in [5.74, 6) is -0.549. The number of nitrogens with two attached hydrogens (primary N) is 2. The molecule has 0 spiro atoms. The van der Waals surface area contributed by atoms with Gasteiger partial charge < -0.3 is 20.9 Å². The quantitative estimate of drug-likeness (QED) is 0.646. The van der Waals surface area contributed by atoms with E-state index in [2.05, 4.69) is 0 Å². The van der Waals surface area contributed by atoms with Crippen molar-refractivity contribution in [2.75, 3.05) is 26.4 Å². The average molecular weight is 266 g/mol. The third-order valence-electron chi connectivity index (χ3n) is 2.95. The summed E-state index contributed by atoms with van der Waals surface area (Å²) in [7, 11) is 0. The van der Waals surface area contributed by atoms with Crippen LogP contribution in [0.4, 0.5) is 0 Å². The zero-order valence-electron chi connectivity index (χ0n) is 11.3. The van der Waals surface area contributed by atoms with Gasteiger partial charge in [0.05, 0.1) is 13.2 Å². The number of hydrogen-bond donors (Lipinski definition) is 2. The normalized spacial score (nSPS) is 14.0. The first-order valence-electron chi connectivity index (χ1n) is 6.41. The van der Waals surface area contributed by atoms with Gasteiger partial charge in [0.25, 0.3) is 0 Å². The molecule has 4 N–H and O–H groups in total. The van der Waals surface area contributed by atoms with Gasteiger partial charge >= 0.3 is 0 Å². The second kappa shape index (κ2) is 7.89. The van der Waals surface area contributed by atoms with E-state index in [9.17, 15) is 4.79 Å². The summed E-state index contributed by atoms with van der Waals surface area (Å²) in [6.07, 6.45) is 0.346. The number of carbonyl (C=O) groups is 1. The Balaban J connectivity index is 2.52. The standard InChI is InChI=1S/C14H22N2O3/c1-2-18-10-11-19-9-8-14(16,13(15)17)12-6-4-3-5-7-12/h3-7H,2,8-11,16H2,1H3,(H2,15,17). The lowest BCUT2D eigenvalue weighted by Gasteiger charge is -2.26. The molecule has 0 aliphatic heterocycles. The van der Waals surface area contributed by atoms with E-state index in [0.717, 1.165) is 0 Å². The monoisotopic (exact) mass is 266 g/mol. The van der Waals surface area contributed by atoms with Crippen molar-refractivity contribution in [2.24, 2.45) is 11.5 Å². The maximum absolute atomic E-state index is 11.6. The van der Waals surface area contributed by atoms with Gasteiger partial charge in [0.1, 0.15) is 5.54 Å². The Hall–Kier alpha value is -1.43. The van der Waals surface area contributed by atoms with Crippen LogP contribution in [0, 0.1) is 0 Å². The van der Waals surface area contributed by atoms with Gasteiger partial charge in [0.2, 0.25) is 5.91 Å². The van der Waals surface area contributed by atoms with Crippen LogP contribution in [0.5, 0.6) is 0 Å². The lowest BCUT2D eigenvalue weighted by atomic mass is 9.87. The Morgan fingerprint density at radius 3 is 2.37 bits per heavy atom. The van der Waals surface area contributed by atoms with Crippen molar-refractivity contribution in [1.82, 2.24) is 0 Å².